The van der Waals surface area contributed by atoms with Crippen LogP contribution in [0.2, 0.25) is 0 Å². The fraction of sp³-hybridized carbons (Fsp3) is 0.840. The highest BCUT2D eigenvalue weighted by molar-refractivity contribution is 4.84. The summed E-state index contributed by atoms with van der Waals surface area (Å²) in [5.74, 6) is 0. The van der Waals surface area contributed by atoms with E-state index in [2.05, 4.69) is 31.2 Å². The van der Waals surface area contributed by atoms with E-state index in [-0.39, 0.29) is 0 Å². The highest BCUT2D eigenvalue weighted by Gasteiger charge is 2.02. The minimum absolute atomic E-state index is 0.352. The Kier molecular flexibility index (Phi) is 23.8. The van der Waals surface area contributed by atoms with Crippen molar-refractivity contribution >= 4 is 0 Å². The van der Waals surface area contributed by atoms with Gasteiger partial charge >= 0.3 is 0 Å². The minimum atomic E-state index is -0.491. The van der Waals surface area contributed by atoms with E-state index in [1.165, 1.54) is 89.9 Å². The van der Waals surface area contributed by atoms with Gasteiger partial charge in [-0.1, -0.05) is 69.8 Å². The molecule has 0 aliphatic rings. The summed E-state index contributed by atoms with van der Waals surface area (Å²) in [5.41, 5.74) is 0. The average molecular weight is 397 g/mol. The fourth-order valence-corrected chi connectivity index (χ4v) is 3.14. The molecule has 0 aliphatic carbocycles. The molecule has 0 bridgehead atoms. The van der Waals surface area contributed by atoms with Crippen molar-refractivity contribution in [2.45, 2.75) is 109 Å². The molecule has 0 unspecified atom stereocenters. The summed E-state index contributed by atoms with van der Waals surface area (Å²) in [6, 6.07) is 0. The molecule has 1 N–H and O–H groups in total. The second-order valence-electron chi connectivity index (χ2n) is 7.82. The number of unbranched alkanes of at least 4 members (excludes halogenated alkanes) is 12. The van der Waals surface area contributed by atoms with Crippen LogP contribution in [0, 0.1) is 0 Å². The molecule has 0 heterocycles. The fourth-order valence-electron chi connectivity index (χ4n) is 3.14. The molecule has 0 spiro atoms. The molecule has 3 nitrogen and oxygen atoms in total. The Labute approximate surface area is 175 Å². The first kappa shape index (κ1) is 27.4. The van der Waals surface area contributed by atoms with Gasteiger partial charge in [-0.25, -0.2) is 0 Å². The van der Waals surface area contributed by atoms with Crippen molar-refractivity contribution in [3.63, 3.8) is 0 Å². The van der Waals surface area contributed by atoms with Gasteiger partial charge in [-0.3, -0.25) is 0 Å². The van der Waals surface area contributed by atoms with Crippen molar-refractivity contribution < 1.29 is 14.6 Å². The second kappa shape index (κ2) is 24.4. The van der Waals surface area contributed by atoms with Crippen LogP contribution in [-0.4, -0.2) is 38.1 Å². The normalized spacial score (nSPS) is 13.1. The van der Waals surface area contributed by atoms with Gasteiger partial charge in [-0.15, -0.1) is 0 Å². The predicted molar refractivity (Wildman–Crippen MR) is 122 cm³/mol. The lowest BCUT2D eigenvalue weighted by molar-refractivity contribution is -0.00684. The van der Waals surface area contributed by atoms with Crippen molar-refractivity contribution in [2.75, 3.05) is 26.9 Å². The van der Waals surface area contributed by atoms with Crippen molar-refractivity contribution in [3.05, 3.63) is 24.3 Å². The Hall–Kier alpha value is -0.640. The zero-order chi connectivity index (χ0) is 20.5. The smallest absolute Gasteiger partial charge is 0.101 e. The first-order valence-corrected chi connectivity index (χ1v) is 11.9. The Morgan fingerprint density at radius 2 is 1.11 bits per heavy atom. The zero-order valence-electron chi connectivity index (χ0n) is 18.9. The molecule has 3 heteroatoms. The van der Waals surface area contributed by atoms with Gasteiger partial charge in [0.2, 0.25) is 0 Å². The van der Waals surface area contributed by atoms with E-state index in [0.717, 1.165) is 13.0 Å². The molecule has 0 fully saturated rings. The first-order chi connectivity index (χ1) is 13.8. The van der Waals surface area contributed by atoms with Gasteiger partial charge in [0.15, 0.2) is 0 Å². The van der Waals surface area contributed by atoms with Gasteiger partial charge in [-0.05, 0) is 57.8 Å². The lowest BCUT2D eigenvalue weighted by atomic mass is 10.1. The van der Waals surface area contributed by atoms with Gasteiger partial charge in [0.05, 0.1) is 13.2 Å². The zero-order valence-corrected chi connectivity index (χ0v) is 18.9. The van der Waals surface area contributed by atoms with Crippen LogP contribution in [-0.2, 0) is 9.47 Å². The maximum absolute atomic E-state index is 9.45. The number of hydrogen-bond acceptors (Lipinski definition) is 3. The van der Waals surface area contributed by atoms with Crippen LogP contribution in [0.25, 0.3) is 0 Å². The third-order valence-electron chi connectivity index (χ3n) is 4.88. The van der Waals surface area contributed by atoms with E-state index in [1.807, 2.05) is 0 Å². The Morgan fingerprint density at radius 3 is 1.64 bits per heavy atom. The maximum Gasteiger partial charge on any atom is 0.101 e. The van der Waals surface area contributed by atoms with Gasteiger partial charge in [0.25, 0.3) is 0 Å². The molecule has 0 saturated carbocycles. The third kappa shape index (κ3) is 23.4. The van der Waals surface area contributed by atoms with Gasteiger partial charge in [0.1, 0.15) is 6.10 Å². The number of hydrogen-bond donors (Lipinski definition) is 1. The van der Waals surface area contributed by atoms with Crippen LogP contribution in [0.5, 0.6) is 0 Å². The third-order valence-corrected chi connectivity index (χ3v) is 4.88. The number of aliphatic hydroxyl groups excluding tert-OH is 1. The van der Waals surface area contributed by atoms with Crippen LogP contribution in [0.3, 0.4) is 0 Å². The summed E-state index contributed by atoms with van der Waals surface area (Å²) in [6.07, 6.45) is 28.2. The molecule has 0 aromatic carbocycles. The number of rotatable bonds is 22. The quantitative estimate of drug-likeness (QED) is 0.158. The largest absolute Gasteiger partial charge is 0.388 e. The van der Waals surface area contributed by atoms with E-state index in [1.54, 1.807) is 7.11 Å². The van der Waals surface area contributed by atoms with E-state index < -0.39 is 6.10 Å². The van der Waals surface area contributed by atoms with E-state index >= 15 is 0 Å². The summed E-state index contributed by atoms with van der Waals surface area (Å²) in [4.78, 5) is 0. The molecule has 1 atom stereocenters. The number of aliphatic hydroxyl groups is 1. The van der Waals surface area contributed by atoms with E-state index in [4.69, 9.17) is 9.47 Å². The summed E-state index contributed by atoms with van der Waals surface area (Å²) in [6.45, 7) is 3.75. The molecule has 0 aromatic heterocycles. The molecule has 0 aromatic rings. The van der Waals surface area contributed by atoms with Crippen molar-refractivity contribution in [1.29, 1.82) is 0 Å². The van der Waals surface area contributed by atoms with E-state index in [9.17, 15) is 5.11 Å². The van der Waals surface area contributed by atoms with Crippen LogP contribution >= 0.6 is 0 Å². The summed E-state index contributed by atoms with van der Waals surface area (Å²) < 4.78 is 10.3. The Morgan fingerprint density at radius 1 is 0.643 bits per heavy atom. The number of methoxy groups -OCH3 is 1. The second-order valence-corrected chi connectivity index (χ2v) is 7.82. The summed E-state index contributed by atoms with van der Waals surface area (Å²) in [7, 11) is 1.59. The monoisotopic (exact) mass is 396 g/mol. The first-order valence-electron chi connectivity index (χ1n) is 11.9. The van der Waals surface area contributed by atoms with Crippen LogP contribution in [0.4, 0.5) is 0 Å². The molecular formula is C25H48O3. The average Bonchev–Trinajstić information content (AvgIpc) is 2.69. The Balaban J connectivity index is 3.16. The highest BCUT2D eigenvalue weighted by Crippen LogP contribution is 2.09. The minimum Gasteiger partial charge on any atom is -0.388 e. The van der Waals surface area contributed by atoms with Crippen LogP contribution in [0.15, 0.2) is 24.3 Å². The lowest BCUT2D eigenvalue weighted by Gasteiger charge is -2.09. The topological polar surface area (TPSA) is 38.7 Å². The van der Waals surface area contributed by atoms with Crippen molar-refractivity contribution in [2.24, 2.45) is 0 Å². The number of ether oxygens (including phenoxy) is 2. The molecule has 28 heavy (non-hydrogen) atoms. The summed E-state index contributed by atoms with van der Waals surface area (Å²) >= 11 is 0. The standard InChI is InChI=1S/C25H48O3/c1-3-4-5-6-7-8-9-10-11-12-13-14-15-16-17-18-19-20-21-22-28-24-25(26)23-27-2/h7-8,13-14,25-26H,3-6,9-12,15-24H2,1-2H3/t25-/m0/s1. The highest BCUT2D eigenvalue weighted by atomic mass is 16.5. The molecule has 166 valence electrons. The van der Waals surface area contributed by atoms with Gasteiger partial charge in [-0.2, -0.15) is 0 Å². The summed E-state index contributed by atoms with van der Waals surface area (Å²) in [5, 5.41) is 9.45. The van der Waals surface area contributed by atoms with Gasteiger partial charge < -0.3 is 14.6 Å². The molecule has 0 rings (SSSR count). The lowest BCUT2D eigenvalue weighted by Crippen LogP contribution is -2.21. The number of allylic oxidation sites excluding steroid dienone is 4. The molecule has 0 amide bonds. The van der Waals surface area contributed by atoms with E-state index in [0.29, 0.717) is 13.2 Å². The van der Waals surface area contributed by atoms with Crippen LogP contribution < -0.4 is 0 Å². The van der Waals surface area contributed by atoms with Crippen molar-refractivity contribution in [1.82, 2.24) is 0 Å². The maximum atomic E-state index is 9.45. The molecule has 0 aliphatic heterocycles. The van der Waals surface area contributed by atoms with Crippen molar-refractivity contribution in [3.8, 4) is 0 Å². The van der Waals surface area contributed by atoms with Gasteiger partial charge in [0, 0.05) is 13.7 Å². The molecular weight excluding hydrogens is 348 g/mol. The molecule has 0 radical (unpaired) electrons. The molecule has 0 saturated heterocycles. The Bertz CT molecular complexity index is 339. The van der Waals surface area contributed by atoms with Crippen LogP contribution in [0.1, 0.15) is 103 Å². The SMILES string of the molecule is CCCCCC=CCCCCC=CCCCCCCCCOC[C@@H](O)COC. The predicted octanol–water partition coefficient (Wildman–Crippen LogP) is 6.99.